The number of nitrogens with zero attached hydrogens (tertiary/aromatic N) is 1. The number of thiocarbonyl (C=S) groups is 1. The number of likely N-dealkylation sites (tertiary alicyclic amines) is 1. The van der Waals surface area contributed by atoms with Gasteiger partial charge in [-0.2, -0.15) is 0 Å². The van der Waals surface area contributed by atoms with E-state index in [0.29, 0.717) is 11.5 Å². The minimum atomic E-state index is -0.226. The second-order valence-corrected chi connectivity index (χ2v) is 8.72. The van der Waals surface area contributed by atoms with Gasteiger partial charge in [-0.15, -0.1) is 0 Å². The summed E-state index contributed by atoms with van der Waals surface area (Å²) < 4.78 is 12.2. The first-order valence-corrected chi connectivity index (χ1v) is 11.1. The standard InChI is InChI=1S/C22H25IN2O3S/c1-15-8-10-25(11-9-15)22(29)16-12-18(23)21(19(13-16)27-2)28-14-20(26)24-17-6-4-3-5-7-17/h3-7,12-13,15H,8-11,14H2,1-2H3,(H,24,26). The number of piperidine rings is 1. The fourth-order valence-corrected chi connectivity index (χ4v) is 4.29. The van der Waals surface area contributed by atoms with Gasteiger partial charge in [0.25, 0.3) is 5.91 Å². The lowest BCUT2D eigenvalue weighted by Gasteiger charge is -2.32. The van der Waals surface area contributed by atoms with Gasteiger partial charge in [0.05, 0.1) is 10.7 Å². The predicted molar refractivity (Wildman–Crippen MR) is 128 cm³/mol. The number of methoxy groups -OCH3 is 1. The van der Waals surface area contributed by atoms with E-state index in [9.17, 15) is 4.79 Å². The van der Waals surface area contributed by atoms with E-state index in [0.717, 1.165) is 51.7 Å². The number of hydrogen-bond acceptors (Lipinski definition) is 4. The van der Waals surface area contributed by atoms with Crippen LogP contribution in [0.3, 0.4) is 0 Å². The molecule has 2 aromatic carbocycles. The van der Waals surface area contributed by atoms with Crippen molar-refractivity contribution in [1.29, 1.82) is 0 Å². The molecule has 1 heterocycles. The SMILES string of the molecule is COc1cc(C(=S)N2CCC(C)CC2)cc(I)c1OCC(=O)Nc1ccccc1. The van der Waals surface area contributed by atoms with E-state index in [1.807, 2.05) is 42.5 Å². The molecule has 0 radical (unpaired) electrons. The number of amides is 1. The molecule has 2 aromatic rings. The van der Waals surface area contributed by atoms with Crippen LogP contribution in [0, 0.1) is 9.49 Å². The summed E-state index contributed by atoms with van der Waals surface area (Å²) in [6, 6.07) is 13.2. The maximum Gasteiger partial charge on any atom is 0.262 e. The minimum Gasteiger partial charge on any atom is -0.493 e. The Hall–Kier alpha value is -1.87. The third-order valence-corrected chi connectivity index (χ3v) is 6.25. The molecular weight excluding hydrogens is 499 g/mol. The first-order chi connectivity index (χ1) is 14.0. The van der Waals surface area contributed by atoms with Gasteiger partial charge >= 0.3 is 0 Å². The third-order valence-electron chi connectivity index (χ3n) is 4.95. The van der Waals surface area contributed by atoms with E-state index >= 15 is 0 Å². The van der Waals surface area contributed by atoms with Crippen molar-refractivity contribution in [3.63, 3.8) is 0 Å². The molecule has 0 aliphatic carbocycles. The molecular formula is C22H25IN2O3S. The Morgan fingerprint density at radius 2 is 1.93 bits per heavy atom. The van der Waals surface area contributed by atoms with Crippen LogP contribution in [0.15, 0.2) is 42.5 Å². The van der Waals surface area contributed by atoms with Gasteiger partial charge < -0.3 is 19.7 Å². The summed E-state index contributed by atoms with van der Waals surface area (Å²) in [6.45, 7) is 4.15. The van der Waals surface area contributed by atoms with E-state index in [2.05, 4.69) is 39.7 Å². The first kappa shape index (κ1) is 21.8. The molecule has 0 unspecified atom stereocenters. The summed E-state index contributed by atoms with van der Waals surface area (Å²) in [5.41, 5.74) is 1.68. The number of halogens is 1. The zero-order chi connectivity index (χ0) is 20.8. The van der Waals surface area contributed by atoms with Crippen molar-refractivity contribution < 1.29 is 14.3 Å². The van der Waals surface area contributed by atoms with Crippen molar-refractivity contribution in [2.75, 3.05) is 32.1 Å². The Balaban J connectivity index is 1.68. The first-order valence-electron chi connectivity index (χ1n) is 9.62. The lowest BCUT2D eigenvalue weighted by atomic mass is 9.99. The summed E-state index contributed by atoms with van der Waals surface area (Å²) in [5, 5.41) is 2.81. The minimum absolute atomic E-state index is 0.102. The zero-order valence-electron chi connectivity index (χ0n) is 16.6. The number of carbonyl (C=O) groups excluding carboxylic acids is 1. The molecule has 0 spiro atoms. The number of nitrogens with one attached hydrogen (secondary N) is 1. The number of rotatable bonds is 6. The third kappa shape index (κ3) is 5.82. The molecule has 1 aliphatic rings. The second kappa shape index (κ2) is 10.2. The van der Waals surface area contributed by atoms with Crippen LogP contribution in [0.4, 0.5) is 5.69 Å². The average Bonchev–Trinajstić information content (AvgIpc) is 2.73. The molecule has 1 saturated heterocycles. The lowest BCUT2D eigenvalue weighted by molar-refractivity contribution is -0.118. The summed E-state index contributed by atoms with van der Waals surface area (Å²) in [6.07, 6.45) is 2.32. The molecule has 1 aliphatic heterocycles. The van der Waals surface area contributed by atoms with Crippen LogP contribution in [0.25, 0.3) is 0 Å². The van der Waals surface area contributed by atoms with Gasteiger partial charge in [0.15, 0.2) is 18.1 Å². The zero-order valence-corrected chi connectivity index (χ0v) is 19.6. The van der Waals surface area contributed by atoms with Crippen LogP contribution in [-0.4, -0.2) is 42.6 Å². The van der Waals surface area contributed by atoms with Crippen LogP contribution in [0.1, 0.15) is 25.3 Å². The fourth-order valence-electron chi connectivity index (χ4n) is 3.23. The summed E-state index contributed by atoms with van der Waals surface area (Å²) in [4.78, 5) is 15.3. The normalized spacial score (nSPS) is 14.4. The smallest absolute Gasteiger partial charge is 0.262 e. The fraction of sp³-hybridized carbons (Fsp3) is 0.364. The molecule has 1 N–H and O–H groups in total. The van der Waals surface area contributed by atoms with Crippen LogP contribution in [0.2, 0.25) is 0 Å². The van der Waals surface area contributed by atoms with Crippen LogP contribution in [0.5, 0.6) is 11.5 Å². The predicted octanol–water partition coefficient (Wildman–Crippen LogP) is 4.72. The van der Waals surface area contributed by atoms with Crippen molar-refractivity contribution in [3.05, 3.63) is 51.6 Å². The monoisotopic (exact) mass is 524 g/mol. The van der Waals surface area contributed by atoms with Gasteiger partial charge in [-0.25, -0.2) is 0 Å². The van der Waals surface area contributed by atoms with Crippen LogP contribution in [-0.2, 0) is 4.79 Å². The number of anilines is 1. The van der Waals surface area contributed by atoms with Gasteiger partial charge in [-0.1, -0.05) is 37.3 Å². The molecule has 0 atom stereocenters. The largest absolute Gasteiger partial charge is 0.493 e. The highest BCUT2D eigenvalue weighted by Gasteiger charge is 2.21. The Morgan fingerprint density at radius 3 is 2.59 bits per heavy atom. The van der Waals surface area contributed by atoms with Crippen molar-refractivity contribution in [3.8, 4) is 11.5 Å². The highest BCUT2D eigenvalue weighted by atomic mass is 127. The average molecular weight is 524 g/mol. The quantitative estimate of drug-likeness (QED) is 0.438. The van der Waals surface area contributed by atoms with E-state index in [1.165, 1.54) is 0 Å². The number of ether oxygens (including phenoxy) is 2. The van der Waals surface area contributed by atoms with E-state index < -0.39 is 0 Å². The molecule has 0 bridgehead atoms. The topological polar surface area (TPSA) is 50.8 Å². The Morgan fingerprint density at radius 1 is 1.24 bits per heavy atom. The van der Waals surface area contributed by atoms with Gasteiger partial charge in [-0.05, 0) is 65.6 Å². The van der Waals surface area contributed by atoms with E-state index in [1.54, 1.807) is 7.11 Å². The van der Waals surface area contributed by atoms with Crippen molar-refractivity contribution >= 4 is 51.4 Å². The summed E-state index contributed by atoms with van der Waals surface area (Å²) in [7, 11) is 1.59. The lowest BCUT2D eigenvalue weighted by Crippen LogP contribution is -2.37. The molecule has 154 valence electrons. The number of benzene rings is 2. The van der Waals surface area contributed by atoms with Crippen molar-refractivity contribution in [2.45, 2.75) is 19.8 Å². The molecule has 7 heteroatoms. The highest BCUT2D eigenvalue weighted by molar-refractivity contribution is 14.1. The Bertz CT molecular complexity index is 868. The molecule has 0 saturated carbocycles. The summed E-state index contributed by atoms with van der Waals surface area (Å²) in [5.74, 6) is 1.65. The highest BCUT2D eigenvalue weighted by Crippen LogP contribution is 2.35. The molecule has 0 aromatic heterocycles. The van der Waals surface area contributed by atoms with Crippen molar-refractivity contribution in [1.82, 2.24) is 4.90 Å². The van der Waals surface area contributed by atoms with Crippen molar-refractivity contribution in [2.24, 2.45) is 5.92 Å². The van der Waals surface area contributed by atoms with Crippen LogP contribution >= 0.6 is 34.8 Å². The second-order valence-electron chi connectivity index (χ2n) is 7.17. The summed E-state index contributed by atoms with van der Waals surface area (Å²) >= 11 is 7.93. The number of para-hydroxylation sites is 1. The van der Waals surface area contributed by atoms with Gasteiger partial charge in [0, 0.05) is 24.3 Å². The number of carbonyl (C=O) groups is 1. The Kier molecular flexibility index (Phi) is 7.71. The Labute approximate surface area is 190 Å². The molecule has 1 amide bonds. The van der Waals surface area contributed by atoms with E-state index in [-0.39, 0.29) is 12.5 Å². The molecule has 3 rings (SSSR count). The van der Waals surface area contributed by atoms with E-state index in [4.69, 9.17) is 21.7 Å². The van der Waals surface area contributed by atoms with Gasteiger partial charge in [0.2, 0.25) is 0 Å². The molecule has 29 heavy (non-hydrogen) atoms. The van der Waals surface area contributed by atoms with Crippen LogP contribution < -0.4 is 14.8 Å². The maximum absolute atomic E-state index is 12.2. The van der Waals surface area contributed by atoms with Gasteiger partial charge in [0.1, 0.15) is 4.99 Å². The van der Waals surface area contributed by atoms with Gasteiger partial charge in [-0.3, -0.25) is 4.79 Å². The molecule has 5 nitrogen and oxygen atoms in total. The number of hydrogen-bond donors (Lipinski definition) is 1. The maximum atomic E-state index is 12.2. The molecule has 1 fully saturated rings.